The van der Waals surface area contributed by atoms with E-state index in [1.807, 2.05) is 6.07 Å². The van der Waals surface area contributed by atoms with Gasteiger partial charge in [-0.05, 0) is 42.2 Å². The molecule has 0 saturated carbocycles. The quantitative estimate of drug-likeness (QED) is 0.256. The van der Waals surface area contributed by atoms with Gasteiger partial charge in [0.1, 0.15) is 5.75 Å². The first kappa shape index (κ1) is 23.0. The summed E-state index contributed by atoms with van der Waals surface area (Å²) in [5, 5.41) is 4.28. The van der Waals surface area contributed by atoms with E-state index in [0.29, 0.717) is 11.8 Å². The maximum atomic E-state index is 6.45. The minimum absolute atomic E-state index is 0.587. The maximum absolute atomic E-state index is 6.45. The lowest BCUT2D eigenvalue weighted by Gasteiger charge is -2.19. The zero-order valence-electron chi connectivity index (χ0n) is 19.2. The molecule has 0 amide bonds. The van der Waals surface area contributed by atoms with Gasteiger partial charge in [0, 0.05) is 5.39 Å². The summed E-state index contributed by atoms with van der Waals surface area (Å²) in [7, 11) is 0. The van der Waals surface area contributed by atoms with E-state index in [1.54, 1.807) is 17.6 Å². The highest BCUT2D eigenvalue weighted by molar-refractivity contribution is 7.17. The number of hydrogen-bond acceptors (Lipinski definition) is 4. The number of ether oxygens (including phenoxy) is 2. The summed E-state index contributed by atoms with van der Waals surface area (Å²) in [5.74, 6) is 3.03. The molecule has 4 heteroatoms. The van der Waals surface area contributed by atoms with Crippen molar-refractivity contribution in [3.63, 3.8) is 0 Å². The molecule has 30 heavy (non-hydrogen) atoms. The van der Waals surface area contributed by atoms with Gasteiger partial charge in [0.05, 0.1) is 29.6 Å². The third-order valence-corrected chi connectivity index (χ3v) is 7.16. The summed E-state index contributed by atoms with van der Waals surface area (Å²) in [5.41, 5.74) is 0.822. The van der Waals surface area contributed by atoms with Crippen LogP contribution in [0.5, 0.6) is 11.5 Å². The van der Waals surface area contributed by atoms with Crippen molar-refractivity contribution >= 4 is 32.4 Å². The van der Waals surface area contributed by atoms with Crippen LogP contribution in [0, 0.1) is 11.8 Å². The first-order chi connectivity index (χ1) is 14.7. The molecule has 0 bridgehead atoms. The molecule has 3 nitrogen and oxygen atoms in total. The van der Waals surface area contributed by atoms with Gasteiger partial charge in [-0.25, -0.2) is 0 Å². The van der Waals surface area contributed by atoms with Crippen LogP contribution in [0.2, 0.25) is 0 Å². The van der Waals surface area contributed by atoms with Gasteiger partial charge in [0.15, 0.2) is 11.3 Å². The fraction of sp³-hybridized carbons (Fsp3) is 0.615. The van der Waals surface area contributed by atoms with E-state index in [0.717, 1.165) is 53.9 Å². The normalized spacial score (nSPS) is 13.7. The Labute approximate surface area is 185 Å². The zero-order chi connectivity index (χ0) is 21.3. The summed E-state index contributed by atoms with van der Waals surface area (Å²) in [6, 6.07) is 4.17. The van der Waals surface area contributed by atoms with Crippen LogP contribution in [-0.2, 0) is 0 Å². The molecule has 0 radical (unpaired) electrons. The summed E-state index contributed by atoms with van der Waals surface area (Å²) >= 11 is 1.73. The Kier molecular flexibility index (Phi) is 8.92. The summed E-state index contributed by atoms with van der Waals surface area (Å²) in [6.45, 7) is 10.5. The lowest BCUT2D eigenvalue weighted by molar-refractivity contribution is 0.233. The second kappa shape index (κ2) is 11.6. The van der Waals surface area contributed by atoms with E-state index in [9.17, 15) is 0 Å². The monoisotopic (exact) mass is 430 g/mol. The molecule has 1 aromatic carbocycles. The smallest absolute Gasteiger partial charge is 0.180 e. The molecule has 0 aliphatic rings. The Balaban J connectivity index is 1.85. The predicted molar refractivity (Wildman–Crippen MR) is 129 cm³/mol. The van der Waals surface area contributed by atoms with Gasteiger partial charge in [0.25, 0.3) is 0 Å². The maximum Gasteiger partial charge on any atom is 0.180 e. The minimum Gasteiger partial charge on any atom is -0.491 e. The second-order valence-corrected chi connectivity index (χ2v) is 9.36. The summed E-state index contributed by atoms with van der Waals surface area (Å²) in [6.07, 6.45) is 11.5. The number of furan rings is 1. The Hall–Kier alpha value is -1.68. The largest absolute Gasteiger partial charge is 0.491 e. The number of thiophene rings is 1. The molecule has 0 spiro atoms. The predicted octanol–water partition coefficient (Wildman–Crippen LogP) is 8.84. The molecule has 0 aliphatic carbocycles. The Morgan fingerprint density at radius 2 is 1.47 bits per heavy atom. The molecule has 2 heterocycles. The van der Waals surface area contributed by atoms with Gasteiger partial charge < -0.3 is 13.9 Å². The average Bonchev–Trinajstić information content (AvgIpc) is 3.44. The van der Waals surface area contributed by atoms with E-state index >= 15 is 0 Å². The number of fused-ring (bicyclic) bond motifs is 2. The standard InChI is InChI=1S/C26H38O3S/c1-5-9-11-19(7-3)17-28-24-22-14-16-30-26(22)25(21-13-15-27-23(21)24)29-18-20(8-4)12-10-6-2/h13-16,19-20H,5-12,17-18H2,1-4H3. The molecule has 3 aromatic rings. The van der Waals surface area contributed by atoms with Crippen molar-refractivity contribution < 1.29 is 13.9 Å². The molecule has 0 N–H and O–H groups in total. The van der Waals surface area contributed by atoms with Crippen molar-refractivity contribution in [1.29, 1.82) is 0 Å². The van der Waals surface area contributed by atoms with E-state index in [2.05, 4.69) is 39.1 Å². The van der Waals surface area contributed by atoms with Crippen molar-refractivity contribution in [2.24, 2.45) is 11.8 Å². The summed E-state index contributed by atoms with van der Waals surface area (Å²) in [4.78, 5) is 0. The molecule has 0 aliphatic heterocycles. The van der Waals surface area contributed by atoms with Crippen LogP contribution in [0.25, 0.3) is 21.1 Å². The van der Waals surface area contributed by atoms with Crippen LogP contribution in [0.1, 0.15) is 79.1 Å². The highest BCUT2D eigenvalue weighted by atomic mass is 32.1. The van der Waals surface area contributed by atoms with Crippen molar-refractivity contribution in [3.05, 3.63) is 23.8 Å². The Morgan fingerprint density at radius 3 is 2.07 bits per heavy atom. The van der Waals surface area contributed by atoms with Gasteiger partial charge in [-0.2, -0.15) is 0 Å². The van der Waals surface area contributed by atoms with Gasteiger partial charge in [-0.3, -0.25) is 0 Å². The van der Waals surface area contributed by atoms with Crippen LogP contribution >= 0.6 is 11.3 Å². The number of unbranched alkanes of at least 4 members (excludes halogenated alkanes) is 2. The van der Waals surface area contributed by atoms with Crippen LogP contribution < -0.4 is 9.47 Å². The zero-order valence-corrected chi connectivity index (χ0v) is 20.0. The van der Waals surface area contributed by atoms with Crippen molar-refractivity contribution in [2.75, 3.05) is 13.2 Å². The van der Waals surface area contributed by atoms with E-state index < -0.39 is 0 Å². The average molecular weight is 431 g/mol. The van der Waals surface area contributed by atoms with Gasteiger partial charge in [-0.15, -0.1) is 11.3 Å². The van der Waals surface area contributed by atoms with Crippen LogP contribution in [0.3, 0.4) is 0 Å². The van der Waals surface area contributed by atoms with Crippen LogP contribution in [0.4, 0.5) is 0 Å². The Bertz CT molecular complexity index is 774. The molecule has 2 atom stereocenters. The molecule has 0 fully saturated rings. The number of rotatable bonds is 14. The van der Waals surface area contributed by atoms with E-state index in [1.165, 1.54) is 43.2 Å². The third-order valence-electron chi connectivity index (χ3n) is 6.25. The topological polar surface area (TPSA) is 31.6 Å². The molecular weight excluding hydrogens is 392 g/mol. The van der Waals surface area contributed by atoms with Crippen molar-refractivity contribution in [3.8, 4) is 11.5 Å². The second-order valence-electron chi connectivity index (χ2n) is 8.44. The first-order valence-corrected chi connectivity index (χ1v) is 12.8. The highest BCUT2D eigenvalue weighted by Crippen LogP contribution is 2.46. The first-order valence-electron chi connectivity index (χ1n) is 11.9. The SMILES string of the molecule is CCCCC(CC)COc1c2ccsc2c(OCC(CC)CCCC)c2ccoc12. The minimum atomic E-state index is 0.587. The fourth-order valence-electron chi connectivity index (χ4n) is 4.06. The Morgan fingerprint density at radius 1 is 0.833 bits per heavy atom. The van der Waals surface area contributed by atoms with Crippen molar-refractivity contribution in [1.82, 2.24) is 0 Å². The van der Waals surface area contributed by atoms with Gasteiger partial charge in [-0.1, -0.05) is 66.2 Å². The lowest BCUT2D eigenvalue weighted by Crippen LogP contribution is -2.12. The summed E-state index contributed by atoms with van der Waals surface area (Å²) < 4.78 is 19.9. The highest BCUT2D eigenvalue weighted by Gasteiger charge is 2.21. The van der Waals surface area contributed by atoms with E-state index in [-0.39, 0.29) is 0 Å². The molecule has 3 rings (SSSR count). The van der Waals surface area contributed by atoms with Crippen LogP contribution in [0.15, 0.2) is 28.2 Å². The van der Waals surface area contributed by atoms with E-state index in [4.69, 9.17) is 13.9 Å². The fourth-order valence-corrected chi connectivity index (χ4v) is 4.96. The van der Waals surface area contributed by atoms with Crippen molar-refractivity contribution in [2.45, 2.75) is 79.1 Å². The number of hydrogen-bond donors (Lipinski definition) is 0. The number of benzene rings is 1. The molecular formula is C26H38O3S. The molecule has 166 valence electrons. The molecule has 2 aromatic heterocycles. The molecule has 0 saturated heterocycles. The molecule has 2 unspecified atom stereocenters. The van der Waals surface area contributed by atoms with Crippen LogP contribution in [-0.4, -0.2) is 13.2 Å². The lowest BCUT2D eigenvalue weighted by atomic mass is 10.0. The third kappa shape index (κ3) is 5.32. The van der Waals surface area contributed by atoms with Gasteiger partial charge in [0.2, 0.25) is 0 Å². The van der Waals surface area contributed by atoms with Gasteiger partial charge >= 0.3 is 0 Å².